The molecular weight excluding hydrogens is 367 g/mol. The van der Waals surface area contributed by atoms with Crippen LogP contribution in [0, 0.1) is 15.5 Å². The number of piperidine rings is 1. The van der Waals surface area contributed by atoms with Crippen molar-refractivity contribution in [3.05, 3.63) is 27.8 Å². The zero-order valence-corrected chi connectivity index (χ0v) is 15.5. The molecule has 0 aromatic heterocycles. The van der Waals surface area contributed by atoms with E-state index in [-0.39, 0.29) is 35.2 Å². The van der Waals surface area contributed by atoms with Crippen LogP contribution in [0.2, 0.25) is 0 Å². The lowest BCUT2D eigenvalue weighted by Gasteiger charge is -2.42. The summed E-state index contributed by atoms with van der Waals surface area (Å²) < 4.78 is 47.0. The van der Waals surface area contributed by atoms with E-state index in [1.807, 2.05) is 18.7 Å². The van der Waals surface area contributed by atoms with E-state index in [0.29, 0.717) is 18.7 Å². The predicted octanol–water partition coefficient (Wildman–Crippen LogP) is 3.10. The lowest BCUT2D eigenvalue weighted by Crippen LogP contribution is -2.52. The fraction of sp³-hybridized carbons (Fsp3) is 0.647. The van der Waals surface area contributed by atoms with Crippen LogP contribution in [0.15, 0.2) is 12.1 Å². The van der Waals surface area contributed by atoms with E-state index in [4.69, 9.17) is 15.2 Å². The first-order valence-electron chi connectivity index (χ1n) is 8.46. The van der Waals surface area contributed by atoms with Gasteiger partial charge in [0.1, 0.15) is 0 Å². The maximum absolute atomic E-state index is 12.4. The number of hydrogen-bond acceptors (Lipinski definition) is 6. The molecular formula is C17H24F3N3O4. The van der Waals surface area contributed by atoms with Crippen LogP contribution in [0.5, 0.6) is 11.5 Å². The Morgan fingerprint density at radius 3 is 2.56 bits per heavy atom. The van der Waals surface area contributed by atoms with Crippen molar-refractivity contribution in [2.45, 2.75) is 39.0 Å². The molecule has 152 valence electrons. The van der Waals surface area contributed by atoms with Gasteiger partial charge < -0.3 is 15.2 Å². The van der Waals surface area contributed by atoms with Crippen molar-refractivity contribution in [1.29, 1.82) is 0 Å². The van der Waals surface area contributed by atoms with Crippen LogP contribution >= 0.6 is 0 Å². The first-order chi connectivity index (χ1) is 12.4. The quantitative estimate of drug-likeness (QED) is 0.592. The summed E-state index contributed by atoms with van der Waals surface area (Å²) in [5.74, 6) is -0.293. The maximum atomic E-state index is 12.4. The Morgan fingerprint density at radius 1 is 1.37 bits per heavy atom. The van der Waals surface area contributed by atoms with Gasteiger partial charge in [0.15, 0.2) is 18.1 Å². The molecule has 1 fully saturated rings. The number of benzene rings is 1. The Labute approximate surface area is 155 Å². The van der Waals surface area contributed by atoms with Crippen LogP contribution in [-0.2, 0) is 6.54 Å². The normalized spacial score (nSPS) is 20.3. The summed E-state index contributed by atoms with van der Waals surface area (Å²) >= 11 is 0. The molecule has 2 rings (SSSR count). The Hall–Kier alpha value is -2.07. The van der Waals surface area contributed by atoms with Gasteiger partial charge >= 0.3 is 6.18 Å². The van der Waals surface area contributed by atoms with Crippen molar-refractivity contribution in [1.82, 2.24) is 4.90 Å². The number of nitro groups is 1. The van der Waals surface area contributed by atoms with Gasteiger partial charge in [0, 0.05) is 31.2 Å². The summed E-state index contributed by atoms with van der Waals surface area (Å²) in [6.45, 7) is 4.11. The maximum Gasteiger partial charge on any atom is 0.422 e. The van der Waals surface area contributed by atoms with E-state index in [1.165, 1.54) is 13.2 Å². The van der Waals surface area contributed by atoms with Crippen LogP contribution in [0.1, 0.15) is 25.8 Å². The van der Waals surface area contributed by atoms with E-state index < -0.39 is 17.7 Å². The standard InChI is InChI=1S/C17H24F3N3O4/c1-16(2)9-22(5-4-15(16)21)8-11-6-13(26-3)14(7-12(11)23(24)25)27-10-17(18,19)20/h6-7,15H,4-5,8-10,21H2,1-3H3. The third-order valence-electron chi connectivity index (χ3n) is 4.74. The highest BCUT2D eigenvalue weighted by atomic mass is 19.4. The zero-order chi connectivity index (χ0) is 20.4. The molecule has 0 aliphatic carbocycles. The van der Waals surface area contributed by atoms with Crippen LogP contribution in [0.4, 0.5) is 18.9 Å². The summed E-state index contributed by atoms with van der Waals surface area (Å²) in [5, 5.41) is 11.4. The van der Waals surface area contributed by atoms with Crippen molar-refractivity contribution in [3.8, 4) is 11.5 Å². The molecule has 1 aliphatic rings. The minimum atomic E-state index is -4.56. The number of halogens is 3. The number of hydrogen-bond donors (Lipinski definition) is 1. The molecule has 1 aromatic rings. The number of methoxy groups -OCH3 is 1. The van der Waals surface area contributed by atoms with Gasteiger partial charge in [-0.25, -0.2) is 0 Å². The molecule has 0 radical (unpaired) electrons. The van der Waals surface area contributed by atoms with Gasteiger partial charge in [-0.15, -0.1) is 0 Å². The topological polar surface area (TPSA) is 90.9 Å². The molecule has 0 spiro atoms. The molecule has 0 amide bonds. The zero-order valence-electron chi connectivity index (χ0n) is 15.5. The molecule has 27 heavy (non-hydrogen) atoms. The van der Waals surface area contributed by atoms with Crippen LogP contribution in [0.3, 0.4) is 0 Å². The van der Waals surface area contributed by atoms with E-state index in [1.54, 1.807) is 0 Å². The highest BCUT2D eigenvalue weighted by molar-refractivity contribution is 5.54. The Kier molecular flexibility index (Phi) is 6.21. The lowest BCUT2D eigenvalue weighted by atomic mass is 9.79. The fourth-order valence-corrected chi connectivity index (χ4v) is 3.18. The van der Waals surface area contributed by atoms with Crippen molar-refractivity contribution in [3.63, 3.8) is 0 Å². The van der Waals surface area contributed by atoms with Crippen molar-refractivity contribution < 1.29 is 27.6 Å². The second-order valence-corrected chi connectivity index (χ2v) is 7.39. The molecule has 1 atom stereocenters. The van der Waals surface area contributed by atoms with Crippen molar-refractivity contribution in [2.75, 3.05) is 26.8 Å². The highest BCUT2D eigenvalue weighted by Gasteiger charge is 2.34. The SMILES string of the molecule is COc1cc(CN2CCC(N)C(C)(C)C2)c([N+](=O)[O-])cc1OCC(F)(F)F. The Balaban J connectivity index is 2.29. The summed E-state index contributed by atoms with van der Waals surface area (Å²) in [5.41, 5.74) is 6.02. The summed E-state index contributed by atoms with van der Waals surface area (Å²) in [6.07, 6.45) is -3.80. The van der Waals surface area contributed by atoms with Gasteiger partial charge in [-0.1, -0.05) is 13.8 Å². The van der Waals surface area contributed by atoms with Gasteiger partial charge in [0.05, 0.1) is 18.1 Å². The number of nitro benzene ring substituents is 1. The molecule has 1 aromatic carbocycles. The molecule has 10 heteroatoms. The number of rotatable bonds is 6. The second kappa shape index (κ2) is 7.89. The van der Waals surface area contributed by atoms with E-state index >= 15 is 0 Å². The molecule has 1 saturated heterocycles. The van der Waals surface area contributed by atoms with E-state index in [2.05, 4.69) is 0 Å². The van der Waals surface area contributed by atoms with Gasteiger partial charge in [0.2, 0.25) is 0 Å². The highest BCUT2D eigenvalue weighted by Crippen LogP contribution is 2.37. The van der Waals surface area contributed by atoms with Crippen LogP contribution < -0.4 is 15.2 Å². The third kappa shape index (κ3) is 5.46. The Morgan fingerprint density at radius 2 is 2.04 bits per heavy atom. The fourth-order valence-electron chi connectivity index (χ4n) is 3.18. The minimum Gasteiger partial charge on any atom is -0.493 e. The number of likely N-dealkylation sites (tertiary alicyclic amines) is 1. The molecule has 2 N–H and O–H groups in total. The van der Waals surface area contributed by atoms with Gasteiger partial charge in [-0.2, -0.15) is 13.2 Å². The second-order valence-electron chi connectivity index (χ2n) is 7.39. The van der Waals surface area contributed by atoms with Crippen molar-refractivity contribution in [2.24, 2.45) is 11.1 Å². The Bertz CT molecular complexity index is 695. The van der Waals surface area contributed by atoms with Gasteiger partial charge in [-0.3, -0.25) is 15.0 Å². The number of nitrogens with two attached hydrogens (primary N) is 1. The molecule has 7 nitrogen and oxygen atoms in total. The molecule has 0 bridgehead atoms. The summed E-state index contributed by atoms with van der Waals surface area (Å²) in [4.78, 5) is 12.9. The molecule has 1 aliphatic heterocycles. The third-order valence-corrected chi connectivity index (χ3v) is 4.74. The van der Waals surface area contributed by atoms with Crippen LogP contribution in [0.25, 0.3) is 0 Å². The summed E-state index contributed by atoms with van der Waals surface area (Å²) in [6, 6.07) is 2.39. The number of nitrogens with zero attached hydrogens (tertiary/aromatic N) is 2. The molecule has 0 saturated carbocycles. The van der Waals surface area contributed by atoms with Gasteiger partial charge in [-0.05, 0) is 17.9 Å². The summed E-state index contributed by atoms with van der Waals surface area (Å²) in [7, 11) is 1.27. The predicted molar refractivity (Wildman–Crippen MR) is 92.8 cm³/mol. The smallest absolute Gasteiger partial charge is 0.422 e. The van der Waals surface area contributed by atoms with E-state index in [9.17, 15) is 23.3 Å². The average molecular weight is 391 g/mol. The largest absolute Gasteiger partial charge is 0.493 e. The monoisotopic (exact) mass is 391 g/mol. The van der Waals surface area contributed by atoms with Gasteiger partial charge in [0.25, 0.3) is 5.69 Å². The van der Waals surface area contributed by atoms with E-state index in [0.717, 1.165) is 12.5 Å². The lowest BCUT2D eigenvalue weighted by molar-refractivity contribution is -0.385. The first-order valence-corrected chi connectivity index (χ1v) is 8.46. The van der Waals surface area contributed by atoms with Crippen molar-refractivity contribution >= 4 is 5.69 Å². The average Bonchev–Trinajstić information content (AvgIpc) is 2.55. The number of ether oxygens (including phenoxy) is 2. The molecule has 1 heterocycles. The first kappa shape index (κ1) is 21.2. The number of alkyl halides is 3. The molecule has 1 unspecified atom stereocenters. The van der Waals surface area contributed by atoms with Crippen LogP contribution in [-0.4, -0.2) is 48.8 Å². The minimum absolute atomic E-state index is 0.0211.